The van der Waals surface area contributed by atoms with Crippen molar-refractivity contribution in [2.45, 2.75) is 6.42 Å². The fourth-order valence-electron chi connectivity index (χ4n) is 2.23. The average molecular weight is 279 g/mol. The van der Waals surface area contributed by atoms with E-state index in [0.29, 0.717) is 6.42 Å². The number of hydrogen-bond acceptors (Lipinski definition) is 6. The van der Waals surface area contributed by atoms with Gasteiger partial charge < -0.3 is 14.4 Å². The molecule has 0 saturated carbocycles. The van der Waals surface area contributed by atoms with Crippen molar-refractivity contribution in [1.82, 2.24) is 9.88 Å². The lowest BCUT2D eigenvalue weighted by molar-refractivity contribution is -0.141. The summed E-state index contributed by atoms with van der Waals surface area (Å²) in [5.74, 6) is 1.59. The first-order valence-corrected chi connectivity index (χ1v) is 6.77. The summed E-state index contributed by atoms with van der Waals surface area (Å²) < 4.78 is 9.76. The summed E-state index contributed by atoms with van der Waals surface area (Å²) in [6, 6.07) is 3.90. The molecular weight excluding hydrogens is 258 g/mol. The van der Waals surface area contributed by atoms with Crippen LogP contribution in [0.3, 0.4) is 0 Å². The van der Waals surface area contributed by atoms with E-state index < -0.39 is 0 Å². The Bertz CT molecular complexity index is 428. The molecule has 6 nitrogen and oxygen atoms in total. The molecule has 0 aromatic carbocycles. The van der Waals surface area contributed by atoms with Crippen LogP contribution in [0, 0.1) is 0 Å². The third-order valence-electron chi connectivity index (χ3n) is 3.51. The maximum absolute atomic E-state index is 11.1. The van der Waals surface area contributed by atoms with Crippen LogP contribution in [0.25, 0.3) is 0 Å². The Kier molecular flexibility index (Phi) is 5.17. The lowest BCUT2D eigenvalue weighted by Crippen LogP contribution is -2.47. The molecule has 0 spiro atoms. The summed E-state index contributed by atoms with van der Waals surface area (Å²) in [6.45, 7) is 4.47. The summed E-state index contributed by atoms with van der Waals surface area (Å²) >= 11 is 0. The number of nitrogens with zero attached hydrogens (tertiary/aromatic N) is 3. The largest absolute Gasteiger partial charge is 0.495 e. The third-order valence-corrected chi connectivity index (χ3v) is 3.51. The number of carbonyl (C=O) groups is 1. The molecule has 0 amide bonds. The fourth-order valence-corrected chi connectivity index (χ4v) is 2.23. The second-order valence-electron chi connectivity index (χ2n) is 4.71. The molecular formula is C14H21N3O3. The number of carbonyl (C=O) groups excluding carboxylic acids is 1. The second kappa shape index (κ2) is 7.09. The van der Waals surface area contributed by atoms with E-state index in [1.54, 1.807) is 13.3 Å². The Hall–Kier alpha value is -1.82. The predicted octanol–water partition coefficient (Wildman–Crippen LogP) is 0.775. The van der Waals surface area contributed by atoms with Crippen molar-refractivity contribution in [2.75, 3.05) is 51.8 Å². The van der Waals surface area contributed by atoms with E-state index >= 15 is 0 Å². The average Bonchev–Trinajstić information content (AvgIpc) is 2.53. The molecule has 1 fully saturated rings. The minimum Gasteiger partial charge on any atom is -0.495 e. The third kappa shape index (κ3) is 3.84. The first-order chi connectivity index (χ1) is 9.72. The molecule has 0 N–H and O–H groups in total. The predicted molar refractivity (Wildman–Crippen MR) is 76.1 cm³/mol. The van der Waals surface area contributed by atoms with Crippen molar-refractivity contribution in [1.29, 1.82) is 0 Å². The number of hydrogen-bond donors (Lipinski definition) is 0. The van der Waals surface area contributed by atoms with Gasteiger partial charge in [0.25, 0.3) is 0 Å². The zero-order valence-electron chi connectivity index (χ0n) is 12.0. The molecule has 110 valence electrons. The smallest absolute Gasteiger partial charge is 0.306 e. The van der Waals surface area contributed by atoms with Crippen molar-refractivity contribution in [3.63, 3.8) is 0 Å². The molecule has 1 aromatic heterocycles. The van der Waals surface area contributed by atoms with Crippen LogP contribution in [0.15, 0.2) is 18.3 Å². The monoisotopic (exact) mass is 279 g/mol. The molecule has 1 aromatic rings. The number of esters is 1. The van der Waals surface area contributed by atoms with Gasteiger partial charge in [-0.05, 0) is 12.1 Å². The van der Waals surface area contributed by atoms with Crippen molar-refractivity contribution >= 4 is 11.8 Å². The molecule has 1 aliphatic rings. The molecule has 1 aliphatic heterocycles. The topological polar surface area (TPSA) is 54.9 Å². The number of anilines is 1. The lowest BCUT2D eigenvalue weighted by Gasteiger charge is -2.35. The van der Waals surface area contributed by atoms with Crippen molar-refractivity contribution in [3.05, 3.63) is 18.3 Å². The number of pyridine rings is 1. The first-order valence-electron chi connectivity index (χ1n) is 6.77. The van der Waals surface area contributed by atoms with Crippen LogP contribution in [-0.4, -0.2) is 62.8 Å². The summed E-state index contributed by atoms with van der Waals surface area (Å²) in [5.41, 5.74) is 0. The molecule has 0 aliphatic carbocycles. The molecule has 1 saturated heterocycles. The van der Waals surface area contributed by atoms with Gasteiger partial charge in [-0.2, -0.15) is 0 Å². The maximum atomic E-state index is 11.1. The van der Waals surface area contributed by atoms with Crippen molar-refractivity contribution < 1.29 is 14.3 Å². The maximum Gasteiger partial charge on any atom is 0.306 e. The minimum atomic E-state index is -0.149. The Balaban J connectivity index is 1.79. The molecule has 20 heavy (non-hydrogen) atoms. The standard InChI is InChI=1S/C14H21N3O3/c1-19-12-3-4-13(15-11-12)17-9-7-16(8-10-17)6-5-14(18)20-2/h3-4,11H,5-10H2,1-2H3. The van der Waals surface area contributed by atoms with Gasteiger partial charge in [-0.15, -0.1) is 0 Å². The van der Waals surface area contributed by atoms with Gasteiger partial charge in [-0.25, -0.2) is 4.98 Å². The Labute approximate surface area is 119 Å². The van der Waals surface area contributed by atoms with Gasteiger partial charge >= 0.3 is 5.97 Å². The highest BCUT2D eigenvalue weighted by Gasteiger charge is 2.18. The van der Waals surface area contributed by atoms with Crippen LogP contribution in [0.5, 0.6) is 5.75 Å². The summed E-state index contributed by atoms with van der Waals surface area (Å²) in [6.07, 6.45) is 2.19. The number of methoxy groups -OCH3 is 2. The van der Waals surface area contributed by atoms with Gasteiger partial charge in [0.15, 0.2) is 0 Å². The van der Waals surface area contributed by atoms with E-state index in [-0.39, 0.29) is 5.97 Å². The Morgan fingerprint density at radius 3 is 2.55 bits per heavy atom. The van der Waals surface area contributed by atoms with Crippen LogP contribution < -0.4 is 9.64 Å². The van der Waals surface area contributed by atoms with Crippen molar-refractivity contribution in [2.24, 2.45) is 0 Å². The number of rotatable bonds is 5. The van der Waals surface area contributed by atoms with Gasteiger partial charge in [0.2, 0.25) is 0 Å². The van der Waals surface area contributed by atoms with E-state index in [0.717, 1.165) is 44.3 Å². The molecule has 0 atom stereocenters. The van der Waals surface area contributed by atoms with Crippen LogP contribution in [0.1, 0.15) is 6.42 Å². The molecule has 6 heteroatoms. The lowest BCUT2D eigenvalue weighted by atomic mass is 10.3. The van der Waals surface area contributed by atoms with Gasteiger partial charge in [0.1, 0.15) is 11.6 Å². The van der Waals surface area contributed by atoms with Crippen LogP contribution in [0.4, 0.5) is 5.82 Å². The Morgan fingerprint density at radius 2 is 2.00 bits per heavy atom. The highest BCUT2D eigenvalue weighted by molar-refractivity contribution is 5.69. The summed E-state index contributed by atoms with van der Waals surface area (Å²) in [4.78, 5) is 20.0. The fraction of sp³-hybridized carbons (Fsp3) is 0.571. The van der Waals surface area contributed by atoms with Gasteiger partial charge in [-0.3, -0.25) is 9.69 Å². The molecule has 2 heterocycles. The van der Waals surface area contributed by atoms with E-state index in [9.17, 15) is 4.79 Å². The van der Waals surface area contributed by atoms with Gasteiger partial charge in [0.05, 0.1) is 26.8 Å². The summed E-state index contributed by atoms with van der Waals surface area (Å²) in [5, 5.41) is 0. The van der Waals surface area contributed by atoms with Crippen LogP contribution >= 0.6 is 0 Å². The van der Waals surface area contributed by atoms with E-state index in [1.807, 2.05) is 12.1 Å². The van der Waals surface area contributed by atoms with Gasteiger partial charge in [0, 0.05) is 32.7 Å². The van der Waals surface area contributed by atoms with E-state index in [2.05, 4.69) is 19.5 Å². The van der Waals surface area contributed by atoms with E-state index in [1.165, 1.54) is 7.11 Å². The Morgan fingerprint density at radius 1 is 1.25 bits per heavy atom. The number of aromatic nitrogens is 1. The SMILES string of the molecule is COC(=O)CCN1CCN(c2ccc(OC)cn2)CC1. The zero-order valence-corrected chi connectivity index (χ0v) is 12.0. The minimum absolute atomic E-state index is 0.149. The quantitative estimate of drug-likeness (QED) is 0.742. The summed E-state index contributed by atoms with van der Waals surface area (Å²) in [7, 11) is 3.06. The molecule has 0 unspecified atom stereocenters. The van der Waals surface area contributed by atoms with E-state index in [4.69, 9.17) is 4.74 Å². The highest BCUT2D eigenvalue weighted by Crippen LogP contribution is 2.17. The van der Waals surface area contributed by atoms with Gasteiger partial charge in [-0.1, -0.05) is 0 Å². The molecule has 0 radical (unpaired) electrons. The van der Waals surface area contributed by atoms with Crippen molar-refractivity contribution in [3.8, 4) is 5.75 Å². The van der Waals surface area contributed by atoms with Crippen LogP contribution in [-0.2, 0) is 9.53 Å². The van der Waals surface area contributed by atoms with Crippen LogP contribution in [0.2, 0.25) is 0 Å². The zero-order chi connectivity index (χ0) is 14.4. The highest BCUT2D eigenvalue weighted by atomic mass is 16.5. The molecule has 0 bridgehead atoms. The second-order valence-corrected chi connectivity index (χ2v) is 4.71. The number of piperazine rings is 1. The number of ether oxygens (including phenoxy) is 2. The molecule has 2 rings (SSSR count). The first kappa shape index (κ1) is 14.6. The normalized spacial score (nSPS) is 16.0.